The van der Waals surface area contributed by atoms with Crippen LogP contribution in [0.1, 0.15) is 22.3 Å². The van der Waals surface area contributed by atoms with Crippen LogP contribution in [0.2, 0.25) is 0 Å². The van der Waals surface area contributed by atoms with Crippen LogP contribution in [0.25, 0.3) is 0 Å². The Balaban J connectivity index is 2.15. The number of anilines is 1. The van der Waals surface area contributed by atoms with E-state index in [9.17, 15) is 13.6 Å². The Kier molecular flexibility index (Phi) is 3.79. The molecule has 0 saturated carbocycles. The molecule has 3 nitrogen and oxygen atoms in total. The Hall–Kier alpha value is -1.65. The predicted molar refractivity (Wildman–Crippen MR) is 66.2 cm³/mol. The number of rotatable bonds is 3. The molecule has 5 heteroatoms. The number of nitrogens with zero attached hydrogens (tertiary/aromatic N) is 1. The van der Waals surface area contributed by atoms with Crippen molar-refractivity contribution in [3.05, 3.63) is 29.3 Å². The quantitative estimate of drug-likeness (QED) is 0.898. The summed E-state index contributed by atoms with van der Waals surface area (Å²) in [6.07, 6.45) is -0.558. The zero-order valence-corrected chi connectivity index (χ0v) is 10.2. The van der Waals surface area contributed by atoms with E-state index in [0.717, 1.165) is 35.5 Å². The molecule has 0 aromatic heterocycles. The number of halogens is 2. The first-order chi connectivity index (χ1) is 8.58. The van der Waals surface area contributed by atoms with Gasteiger partial charge in [-0.2, -0.15) is 0 Å². The molecule has 0 atom stereocenters. The molecule has 2 rings (SSSR count). The average Bonchev–Trinajstić information content (AvgIpc) is 2.36. The number of alkyl halides is 2. The van der Waals surface area contributed by atoms with Crippen molar-refractivity contribution in [3.8, 4) is 0 Å². The minimum Gasteiger partial charge on any atom is -0.385 e. The number of carbonyl (C=O) groups excluding carboxylic acids is 1. The number of benzene rings is 1. The summed E-state index contributed by atoms with van der Waals surface area (Å²) < 4.78 is 24.5. The molecule has 0 unspecified atom stereocenters. The van der Waals surface area contributed by atoms with Crippen LogP contribution >= 0.6 is 0 Å². The van der Waals surface area contributed by atoms with Gasteiger partial charge in [0.2, 0.25) is 0 Å². The Morgan fingerprint density at radius 3 is 3.00 bits per heavy atom. The van der Waals surface area contributed by atoms with Crippen molar-refractivity contribution in [2.45, 2.75) is 19.3 Å². The van der Waals surface area contributed by atoms with Gasteiger partial charge < -0.3 is 10.2 Å². The second kappa shape index (κ2) is 5.33. The number of carbonyl (C=O) groups is 1. The third-order valence-electron chi connectivity index (χ3n) is 3.05. The second-order valence-corrected chi connectivity index (χ2v) is 4.48. The van der Waals surface area contributed by atoms with Crippen molar-refractivity contribution in [2.24, 2.45) is 0 Å². The molecule has 0 radical (unpaired) electrons. The first-order valence-electron chi connectivity index (χ1n) is 5.98. The normalized spacial score (nSPS) is 14.0. The maximum atomic E-state index is 12.2. The lowest BCUT2D eigenvalue weighted by molar-refractivity contribution is 0.0620. The first kappa shape index (κ1) is 12.8. The Morgan fingerprint density at radius 1 is 1.50 bits per heavy atom. The average molecular weight is 254 g/mol. The minimum atomic E-state index is -2.50. The highest BCUT2D eigenvalue weighted by molar-refractivity contribution is 5.94. The number of hydrogen-bond donors (Lipinski definition) is 1. The van der Waals surface area contributed by atoms with Crippen LogP contribution in [0.3, 0.4) is 0 Å². The maximum absolute atomic E-state index is 12.2. The Bertz CT molecular complexity index is 449. The van der Waals surface area contributed by atoms with E-state index in [1.807, 2.05) is 6.07 Å². The summed E-state index contributed by atoms with van der Waals surface area (Å²) in [4.78, 5) is 13.0. The van der Waals surface area contributed by atoms with E-state index < -0.39 is 13.0 Å². The molecule has 1 N–H and O–H groups in total. The summed E-state index contributed by atoms with van der Waals surface area (Å²) in [5.41, 5.74) is 2.59. The topological polar surface area (TPSA) is 32.3 Å². The largest absolute Gasteiger partial charge is 0.385 e. The molecule has 1 aromatic rings. The molecule has 0 saturated heterocycles. The zero-order chi connectivity index (χ0) is 13.1. The number of hydrogen-bond acceptors (Lipinski definition) is 2. The SMILES string of the molecule is CN(CC(F)F)C(=O)c1ccc2c(c1)CCCN2. The molecule has 0 aliphatic carbocycles. The van der Waals surface area contributed by atoms with E-state index in [-0.39, 0.29) is 5.91 Å². The van der Waals surface area contributed by atoms with Crippen LogP contribution in [0.15, 0.2) is 18.2 Å². The molecule has 0 spiro atoms. The third-order valence-corrected chi connectivity index (χ3v) is 3.05. The van der Waals surface area contributed by atoms with Crippen LogP contribution in [-0.2, 0) is 6.42 Å². The molecule has 18 heavy (non-hydrogen) atoms. The highest BCUT2D eigenvalue weighted by Gasteiger charge is 2.17. The number of nitrogens with one attached hydrogen (secondary N) is 1. The molecular formula is C13H16F2N2O. The summed E-state index contributed by atoms with van der Waals surface area (Å²) in [5.74, 6) is -0.358. The van der Waals surface area contributed by atoms with Gasteiger partial charge in [0.1, 0.15) is 0 Å². The zero-order valence-electron chi connectivity index (χ0n) is 10.2. The fourth-order valence-electron chi connectivity index (χ4n) is 2.12. The van der Waals surface area contributed by atoms with Crippen LogP contribution in [0.4, 0.5) is 14.5 Å². The van der Waals surface area contributed by atoms with Gasteiger partial charge in [-0.1, -0.05) is 0 Å². The van der Waals surface area contributed by atoms with Crippen molar-refractivity contribution < 1.29 is 13.6 Å². The molecule has 0 fully saturated rings. The number of amides is 1. The Morgan fingerprint density at radius 2 is 2.28 bits per heavy atom. The molecule has 0 bridgehead atoms. The van der Waals surface area contributed by atoms with Crippen LogP contribution < -0.4 is 5.32 Å². The fourth-order valence-corrected chi connectivity index (χ4v) is 2.12. The second-order valence-electron chi connectivity index (χ2n) is 4.48. The van der Waals surface area contributed by atoms with Crippen molar-refractivity contribution in [2.75, 3.05) is 25.5 Å². The lowest BCUT2D eigenvalue weighted by atomic mass is 10.0. The Labute approximate surface area is 105 Å². The van der Waals surface area contributed by atoms with Gasteiger partial charge in [-0.15, -0.1) is 0 Å². The van der Waals surface area contributed by atoms with Gasteiger partial charge in [-0.25, -0.2) is 8.78 Å². The van der Waals surface area contributed by atoms with E-state index >= 15 is 0 Å². The highest BCUT2D eigenvalue weighted by Crippen LogP contribution is 2.23. The molecule has 1 heterocycles. The van der Waals surface area contributed by atoms with Crippen molar-refractivity contribution in [3.63, 3.8) is 0 Å². The minimum absolute atomic E-state index is 0.358. The molecule has 1 aliphatic heterocycles. The lowest BCUT2D eigenvalue weighted by Gasteiger charge is -2.20. The van der Waals surface area contributed by atoms with Crippen LogP contribution in [-0.4, -0.2) is 37.4 Å². The summed E-state index contributed by atoms with van der Waals surface area (Å²) in [6, 6.07) is 5.32. The standard InChI is InChI=1S/C13H16F2N2O/c1-17(8-12(14)15)13(18)10-4-5-11-9(7-10)3-2-6-16-11/h4-5,7,12,16H,2-3,6,8H2,1H3. The first-order valence-corrected chi connectivity index (χ1v) is 5.98. The van der Waals surface area contributed by atoms with E-state index in [1.165, 1.54) is 7.05 Å². The smallest absolute Gasteiger partial charge is 0.255 e. The summed E-state index contributed by atoms with van der Waals surface area (Å²) in [5, 5.41) is 3.25. The van der Waals surface area contributed by atoms with E-state index in [4.69, 9.17) is 0 Å². The van der Waals surface area contributed by atoms with Gasteiger partial charge in [0.15, 0.2) is 0 Å². The lowest BCUT2D eigenvalue weighted by Crippen LogP contribution is -2.31. The molecular weight excluding hydrogens is 238 g/mol. The molecule has 98 valence electrons. The molecule has 1 aliphatic rings. The monoisotopic (exact) mass is 254 g/mol. The third kappa shape index (κ3) is 2.78. The highest BCUT2D eigenvalue weighted by atomic mass is 19.3. The van der Waals surface area contributed by atoms with Crippen LogP contribution in [0.5, 0.6) is 0 Å². The van der Waals surface area contributed by atoms with Gasteiger partial charge >= 0.3 is 0 Å². The van der Waals surface area contributed by atoms with Crippen molar-refractivity contribution in [1.29, 1.82) is 0 Å². The van der Waals surface area contributed by atoms with Crippen molar-refractivity contribution in [1.82, 2.24) is 4.90 Å². The molecule has 1 amide bonds. The van der Waals surface area contributed by atoms with E-state index in [0.29, 0.717) is 5.56 Å². The van der Waals surface area contributed by atoms with Crippen LogP contribution in [0, 0.1) is 0 Å². The van der Waals surface area contributed by atoms with Gasteiger partial charge in [-0.3, -0.25) is 4.79 Å². The number of aryl methyl sites for hydroxylation is 1. The summed E-state index contributed by atoms with van der Waals surface area (Å²) in [7, 11) is 1.40. The van der Waals surface area contributed by atoms with Gasteiger partial charge in [0, 0.05) is 24.8 Å². The fraction of sp³-hybridized carbons (Fsp3) is 0.462. The van der Waals surface area contributed by atoms with E-state index in [2.05, 4.69) is 5.32 Å². The van der Waals surface area contributed by atoms with Crippen molar-refractivity contribution >= 4 is 11.6 Å². The number of fused-ring (bicyclic) bond motifs is 1. The summed E-state index contributed by atoms with van der Waals surface area (Å²) in [6.45, 7) is 0.403. The van der Waals surface area contributed by atoms with E-state index in [1.54, 1.807) is 12.1 Å². The van der Waals surface area contributed by atoms with Gasteiger partial charge in [0.05, 0.1) is 6.54 Å². The summed E-state index contributed by atoms with van der Waals surface area (Å²) >= 11 is 0. The maximum Gasteiger partial charge on any atom is 0.255 e. The van der Waals surface area contributed by atoms with Gasteiger partial charge in [-0.05, 0) is 36.6 Å². The molecule has 1 aromatic carbocycles. The van der Waals surface area contributed by atoms with Gasteiger partial charge in [0.25, 0.3) is 12.3 Å². The predicted octanol–water partition coefficient (Wildman–Crippen LogP) is 2.38.